The van der Waals surface area contributed by atoms with Crippen molar-refractivity contribution in [3.63, 3.8) is 0 Å². The molecule has 1 atom stereocenters. The molecule has 0 bridgehead atoms. The molecule has 0 unspecified atom stereocenters. The molecule has 1 saturated heterocycles. The van der Waals surface area contributed by atoms with Crippen LogP contribution in [0, 0.1) is 12.8 Å². The molecule has 25 heavy (non-hydrogen) atoms. The zero-order valence-electron chi connectivity index (χ0n) is 15.9. The highest BCUT2D eigenvalue weighted by Crippen LogP contribution is 2.36. The minimum atomic E-state index is -0.463. The lowest BCUT2D eigenvalue weighted by molar-refractivity contribution is -0.137. The zero-order chi connectivity index (χ0) is 18.2. The Bertz CT molecular complexity index is 636. The molecule has 0 aliphatic carbocycles. The van der Waals surface area contributed by atoms with E-state index in [0.717, 1.165) is 37.2 Å². The van der Waals surface area contributed by atoms with Gasteiger partial charge < -0.3 is 20.3 Å². The number of hydrogen-bond donors (Lipinski definition) is 1. The first kappa shape index (κ1) is 18.2. The second kappa shape index (κ2) is 6.96. The molecule has 1 fully saturated rings. The number of amides is 1. The summed E-state index contributed by atoms with van der Waals surface area (Å²) in [6.07, 6.45) is 1.86. The summed E-state index contributed by atoms with van der Waals surface area (Å²) in [4.78, 5) is 17.3. The Morgan fingerprint density at radius 2 is 1.96 bits per heavy atom. The van der Waals surface area contributed by atoms with Crippen LogP contribution in [0.4, 0.5) is 0 Å². The topological polar surface area (TPSA) is 58.8 Å². The molecular weight excluding hydrogens is 314 g/mol. The Kier molecular flexibility index (Phi) is 5.07. The Morgan fingerprint density at radius 1 is 1.28 bits per heavy atom. The van der Waals surface area contributed by atoms with Crippen molar-refractivity contribution in [1.29, 1.82) is 0 Å². The van der Waals surface area contributed by atoms with Crippen LogP contribution >= 0.6 is 0 Å². The van der Waals surface area contributed by atoms with Crippen LogP contribution in [0.1, 0.15) is 37.8 Å². The van der Waals surface area contributed by atoms with Gasteiger partial charge in [-0.3, -0.25) is 4.79 Å². The van der Waals surface area contributed by atoms with Gasteiger partial charge >= 0.3 is 0 Å². The van der Waals surface area contributed by atoms with Gasteiger partial charge in [-0.05, 0) is 26.0 Å². The van der Waals surface area contributed by atoms with Crippen LogP contribution in [0.5, 0.6) is 5.75 Å². The third-order valence-electron chi connectivity index (χ3n) is 5.60. The van der Waals surface area contributed by atoms with Crippen molar-refractivity contribution in [2.24, 2.45) is 11.7 Å². The average Bonchev–Trinajstić information content (AvgIpc) is 2.73. The summed E-state index contributed by atoms with van der Waals surface area (Å²) < 4.78 is 6.55. The van der Waals surface area contributed by atoms with Crippen LogP contribution < -0.4 is 10.5 Å². The first-order valence-electron chi connectivity index (χ1n) is 9.31. The highest BCUT2D eigenvalue weighted by atomic mass is 16.5. The summed E-state index contributed by atoms with van der Waals surface area (Å²) >= 11 is 0. The first-order chi connectivity index (χ1) is 11.8. The van der Waals surface area contributed by atoms with E-state index in [4.69, 9.17) is 10.5 Å². The Balaban J connectivity index is 1.94. The predicted octanol–water partition coefficient (Wildman–Crippen LogP) is 2.16. The molecule has 1 spiro atoms. The van der Waals surface area contributed by atoms with Gasteiger partial charge in [0.2, 0.25) is 5.91 Å². The molecule has 0 radical (unpaired) electrons. The lowest BCUT2D eigenvalue weighted by Crippen LogP contribution is -2.56. The number of rotatable bonds is 2. The second-order valence-corrected chi connectivity index (χ2v) is 8.16. The molecule has 1 aromatic carbocycles. The predicted molar refractivity (Wildman–Crippen MR) is 99.5 cm³/mol. The number of carbonyl (C=O) groups excluding carboxylic acids is 1. The highest BCUT2D eigenvalue weighted by molar-refractivity contribution is 5.82. The van der Waals surface area contributed by atoms with Gasteiger partial charge in [0, 0.05) is 38.0 Å². The van der Waals surface area contributed by atoms with Crippen LogP contribution in [0.3, 0.4) is 0 Å². The number of hydrogen-bond acceptors (Lipinski definition) is 4. The third kappa shape index (κ3) is 3.82. The van der Waals surface area contributed by atoms with Gasteiger partial charge in [0.15, 0.2) is 0 Å². The maximum atomic E-state index is 13.0. The second-order valence-electron chi connectivity index (χ2n) is 8.16. The number of likely N-dealkylation sites (tertiary alicyclic amines) is 1. The van der Waals surface area contributed by atoms with Crippen molar-refractivity contribution in [1.82, 2.24) is 9.80 Å². The molecule has 0 saturated carbocycles. The largest absolute Gasteiger partial charge is 0.485 e. The molecule has 5 nitrogen and oxygen atoms in total. The van der Waals surface area contributed by atoms with Crippen molar-refractivity contribution in [2.75, 3.05) is 26.7 Å². The van der Waals surface area contributed by atoms with Gasteiger partial charge in [0.1, 0.15) is 11.4 Å². The zero-order valence-corrected chi connectivity index (χ0v) is 15.9. The number of carbonyl (C=O) groups is 1. The van der Waals surface area contributed by atoms with E-state index in [1.165, 1.54) is 5.56 Å². The Hall–Kier alpha value is -1.59. The Morgan fingerprint density at radius 3 is 2.60 bits per heavy atom. The molecule has 0 aromatic heterocycles. The average molecular weight is 345 g/mol. The van der Waals surface area contributed by atoms with Gasteiger partial charge in [-0.25, -0.2) is 0 Å². The molecule has 2 heterocycles. The standard InChI is InChI=1S/C20H31N3O2/c1-14(2)18(21)19(24)23-12-16-11-15(3)5-6-17(16)25-20(13-23)7-9-22(4)10-8-20/h5-6,11,14,18H,7-10,12-13,21H2,1-4H3/t18-/m0/s1. The molecule has 1 aromatic rings. The first-order valence-corrected chi connectivity index (χ1v) is 9.31. The minimum Gasteiger partial charge on any atom is -0.485 e. The van der Waals surface area contributed by atoms with Gasteiger partial charge in [-0.15, -0.1) is 0 Å². The maximum Gasteiger partial charge on any atom is 0.240 e. The van der Waals surface area contributed by atoms with E-state index in [-0.39, 0.29) is 17.4 Å². The van der Waals surface area contributed by atoms with Crippen molar-refractivity contribution in [3.05, 3.63) is 29.3 Å². The van der Waals surface area contributed by atoms with E-state index in [1.807, 2.05) is 18.7 Å². The fourth-order valence-electron chi connectivity index (χ4n) is 3.74. The van der Waals surface area contributed by atoms with Crippen molar-refractivity contribution >= 4 is 5.91 Å². The van der Waals surface area contributed by atoms with E-state index in [1.54, 1.807) is 0 Å². The molecule has 138 valence electrons. The van der Waals surface area contributed by atoms with E-state index in [9.17, 15) is 4.79 Å². The smallest absolute Gasteiger partial charge is 0.240 e. The third-order valence-corrected chi connectivity index (χ3v) is 5.60. The molecule has 3 rings (SSSR count). The number of nitrogens with zero attached hydrogens (tertiary/aromatic N) is 2. The monoisotopic (exact) mass is 345 g/mol. The molecule has 1 amide bonds. The summed E-state index contributed by atoms with van der Waals surface area (Å²) in [7, 11) is 2.14. The molecule has 2 N–H and O–H groups in total. The van der Waals surface area contributed by atoms with Gasteiger partial charge in [0.05, 0.1) is 12.6 Å². The summed E-state index contributed by atoms with van der Waals surface area (Å²) in [5.41, 5.74) is 8.15. The van der Waals surface area contributed by atoms with Crippen LogP contribution in [-0.2, 0) is 11.3 Å². The lowest BCUT2D eigenvalue weighted by atomic mass is 9.90. The van der Waals surface area contributed by atoms with Crippen molar-refractivity contribution in [2.45, 2.75) is 51.8 Å². The lowest BCUT2D eigenvalue weighted by Gasteiger charge is -2.42. The van der Waals surface area contributed by atoms with Gasteiger partial charge in [0.25, 0.3) is 0 Å². The van der Waals surface area contributed by atoms with E-state index in [2.05, 4.69) is 37.1 Å². The van der Waals surface area contributed by atoms with E-state index in [0.29, 0.717) is 13.1 Å². The molecule has 2 aliphatic heterocycles. The fraction of sp³-hybridized carbons (Fsp3) is 0.650. The number of aryl methyl sites for hydroxylation is 1. The number of fused-ring (bicyclic) bond motifs is 1. The van der Waals surface area contributed by atoms with Crippen LogP contribution in [0.25, 0.3) is 0 Å². The Labute approximate surface area is 151 Å². The highest BCUT2D eigenvalue weighted by Gasteiger charge is 2.42. The fourth-order valence-corrected chi connectivity index (χ4v) is 3.74. The molecule has 2 aliphatic rings. The quantitative estimate of drug-likeness (QED) is 0.892. The normalized spacial score (nSPS) is 21.6. The molecule has 5 heteroatoms. The summed E-state index contributed by atoms with van der Waals surface area (Å²) in [5.74, 6) is 1.08. The summed E-state index contributed by atoms with van der Waals surface area (Å²) in [5, 5.41) is 0. The van der Waals surface area contributed by atoms with Crippen LogP contribution in [0.15, 0.2) is 18.2 Å². The van der Waals surface area contributed by atoms with Crippen molar-refractivity contribution in [3.8, 4) is 5.75 Å². The summed E-state index contributed by atoms with van der Waals surface area (Å²) in [6.45, 7) is 9.24. The summed E-state index contributed by atoms with van der Waals surface area (Å²) in [6, 6.07) is 5.80. The van der Waals surface area contributed by atoms with Crippen molar-refractivity contribution < 1.29 is 9.53 Å². The number of nitrogens with two attached hydrogens (primary N) is 1. The SMILES string of the molecule is Cc1ccc2c(c1)CN(C(=O)[C@@H](N)C(C)C)CC1(CCN(C)CC1)O2. The van der Waals surface area contributed by atoms with Crippen LogP contribution in [0.2, 0.25) is 0 Å². The van der Waals surface area contributed by atoms with Gasteiger partial charge in [-0.2, -0.15) is 0 Å². The van der Waals surface area contributed by atoms with E-state index >= 15 is 0 Å². The minimum absolute atomic E-state index is 0.0336. The molecular formula is C20H31N3O2. The van der Waals surface area contributed by atoms with E-state index < -0.39 is 6.04 Å². The van der Waals surface area contributed by atoms with Crippen LogP contribution in [-0.4, -0.2) is 54.0 Å². The number of ether oxygens (including phenoxy) is 1. The number of benzene rings is 1. The number of piperidine rings is 1. The van der Waals surface area contributed by atoms with Gasteiger partial charge in [-0.1, -0.05) is 31.5 Å². The maximum absolute atomic E-state index is 13.0.